The molecule has 0 amide bonds. The number of hydrogen-bond acceptors (Lipinski definition) is 3. The van der Waals surface area contributed by atoms with Crippen LogP contribution in [0.1, 0.15) is 66.8 Å². The summed E-state index contributed by atoms with van der Waals surface area (Å²) in [7, 11) is 0. The predicted octanol–water partition coefficient (Wildman–Crippen LogP) is 5.32. The van der Waals surface area contributed by atoms with Crippen molar-refractivity contribution in [2.75, 3.05) is 0 Å². The molecule has 3 heteroatoms. The van der Waals surface area contributed by atoms with Crippen molar-refractivity contribution in [3.63, 3.8) is 0 Å². The van der Waals surface area contributed by atoms with E-state index in [1.165, 1.54) is 21.8 Å². The highest BCUT2D eigenvalue weighted by molar-refractivity contribution is 7.10. The zero-order valence-electron chi connectivity index (χ0n) is 13.6. The van der Waals surface area contributed by atoms with Crippen LogP contribution >= 0.6 is 11.3 Å². The van der Waals surface area contributed by atoms with Gasteiger partial charge in [0.2, 0.25) is 0 Å². The van der Waals surface area contributed by atoms with Gasteiger partial charge >= 0.3 is 0 Å². The number of furan rings is 1. The minimum atomic E-state index is 0.291. The summed E-state index contributed by atoms with van der Waals surface area (Å²) >= 11 is 1.85. The standard InChI is InChI=1S/C18H25NOS/c1-11-6-7-21-17(11)13(3)19-15-9-18(4,5)10-16-14(15)8-12(2)20-16/h6-8,13,15,19H,9-10H2,1-5H3. The molecule has 0 fully saturated rings. The molecule has 21 heavy (non-hydrogen) atoms. The summed E-state index contributed by atoms with van der Waals surface area (Å²) in [5, 5.41) is 6.02. The fraction of sp³-hybridized carbons (Fsp3) is 0.556. The summed E-state index contributed by atoms with van der Waals surface area (Å²) in [6.45, 7) is 11.2. The Kier molecular flexibility index (Phi) is 3.74. The van der Waals surface area contributed by atoms with Gasteiger partial charge in [-0.2, -0.15) is 0 Å². The number of fused-ring (bicyclic) bond motifs is 1. The normalized spacial score (nSPS) is 22.0. The van der Waals surface area contributed by atoms with E-state index in [-0.39, 0.29) is 0 Å². The molecule has 2 heterocycles. The Morgan fingerprint density at radius 3 is 2.81 bits per heavy atom. The van der Waals surface area contributed by atoms with Crippen LogP contribution in [0.4, 0.5) is 0 Å². The molecule has 2 aromatic heterocycles. The van der Waals surface area contributed by atoms with Crippen LogP contribution in [0.25, 0.3) is 0 Å². The van der Waals surface area contributed by atoms with Gasteiger partial charge in [0.05, 0.1) is 0 Å². The van der Waals surface area contributed by atoms with Crippen molar-refractivity contribution in [3.05, 3.63) is 45.0 Å². The van der Waals surface area contributed by atoms with Crippen molar-refractivity contribution in [2.45, 2.75) is 59.5 Å². The Labute approximate surface area is 131 Å². The second-order valence-electron chi connectivity index (χ2n) is 7.19. The molecule has 2 atom stereocenters. The molecular weight excluding hydrogens is 278 g/mol. The highest BCUT2D eigenvalue weighted by atomic mass is 32.1. The molecule has 1 aliphatic rings. The van der Waals surface area contributed by atoms with Gasteiger partial charge in [-0.05, 0) is 55.7 Å². The molecule has 0 spiro atoms. The van der Waals surface area contributed by atoms with Gasteiger partial charge in [-0.3, -0.25) is 0 Å². The summed E-state index contributed by atoms with van der Waals surface area (Å²) in [6.07, 6.45) is 2.20. The Morgan fingerprint density at radius 1 is 1.38 bits per heavy atom. The summed E-state index contributed by atoms with van der Waals surface area (Å²) in [4.78, 5) is 1.44. The average molecular weight is 303 g/mol. The third-order valence-electron chi connectivity index (χ3n) is 4.48. The minimum Gasteiger partial charge on any atom is -0.466 e. The van der Waals surface area contributed by atoms with Crippen LogP contribution in [0, 0.1) is 19.3 Å². The maximum absolute atomic E-state index is 5.93. The van der Waals surface area contributed by atoms with E-state index in [9.17, 15) is 0 Å². The lowest BCUT2D eigenvalue weighted by molar-refractivity contribution is 0.227. The van der Waals surface area contributed by atoms with Crippen LogP contribution in [0.2, 0.25) is 0 Å². The Hall–Kier alpha value is -1.06. The van der Waals surface area contributed by atoms with Crippen LogP contribution < -0.4 is 5.32 Å². The molecule has 2 aromatic rings. The van der Waals surface area contributed by atoms with Gasteiger partial charge in [-0.15, -0.1) is 11.3 Å². The largest absolute Gasteiger partial charge is 0.466 e. The monoisotopic (exact) mass is 303 g/mol. The number of nitrogens with one attached hydrogen (secondary N) is 1. The molecule has 1 N–H and O–H groups in total. The highest BCUT2D eigenvalue weighted by Gasteiger charge is 2.35. The quantitative estimate of drug-likeness (QED) is 0.830. The Morgan fingerprint density at radius 2 is 2.14 bits per heavy atom. The zero-order valence-corrected chi connectivity index (χ0v) is 14.4. The molecule has 0 saturated carbocycles. The third-order valence-corrected chi connectivity index (χ3v) is 5.68. The zero-order chi connectivity index (χ0) is 15.2. The van der Waals surface area contributed by atoms with Crippen LogP contribution in [-0.2, 0) is 6.42 Å². The van der Waals surface area contributed by atoms with E-state index in [4.69, 9.17) is 4.42 Å². The predicted molar refractivity (Wildman–Crippen MR) is 88.9 cm³/mol. The molecule has 0 aliphatic heterocycles. The van der Waals surface area contributed by atoms with E-state index < -0.39 is 0 Å². The first-order chi connectivity index (χ1) is 9.85. The van der Waals surface area contributed by atoms with Crippen molar-refractivity contribution in [1.29, 1.82) is 0 Å². The summed E-state index contributed by atoms with van der Waals surface area (Å²) < 4.78 is 5.93. The SMILES string of the molecule is Cc1cc2c(o1)CC(C)(C)CC2NC(C)c1sccc1C. The van der Waals surface area contributed by atoms with Gasteiger partial charge in [0.25, 0.3) is 0 Å². The molecule has 3 rings (SSSR count). The van der Waals surface area contributed by atoms with Crippen molar-refractivity contribution in [1.82, 2.24) is 5.32 Å². The maximum atomic E-state index is 5.93. The first-order valence-corrected chi connectivity index (χ1v) is 8.63. The van der Waals surface area contributed by atoms with Crippen molar-refractivity contribution < 1.29 is 4.42 Å². The second kappa shape index (κ2) is 5.29. The van der Waals surface area contributed by atoms with Gasteiger partial charge in [-0.1, -0.05) is 13.8 Å². The molecule has 114 valence electrons. The lowest BCUT2D eigenvalue weighted by Crippen LogP contribution is -2.34. The highest BCUT2D eigenvalue weighted by Crippen LogP contribution is 2.43. The van der Waals surface area contributed by atoms with Crippen molar-refractivity contribution in [2.24, 2.45) is 5.41 Å². The molecular formula is C18H25NOS. The first-order valence-electron chi connectivity index (χ1n) is 7.75. The molecule has 2 unspecified atom stereocenters. The van der Waals surface area contributed by atoms with Crippen LogP contribution in [0.15, 0.2) is 21.9 Å². The number of rotatable bonds is 3. The van der Waals surface area contributed by atoms with Gasteiger partial charge in [-0.25, -0.2) is 0 Å². The van der Waals surface area contributed by atoms with Crippen LogP contribution in [-0.4, -0.2) is 0 Å². The molecule has 2 nitrogen and oxygen atoms in total. The van der Waals surface area contributed by atoms with E-state index in [0.29, 0.717) is 17.5 Å². The topological polar surface area (TPSA) is 25.2 Å². The van der Waals surface area contributed by atoms with Gasteiger partial charge < -0.3 is 9.73 Å². The summed E-state index contributed by atoms with van der Waals surface area (Å²) in [5.41, 5.74) is 3.05. The lowest BCUT2D eigenvalue weighted by atomic mass is 9.74. The van der Waals surface area contributed by atoms with Gasteiger partial charge in [0.15, 0.2) is 0 Å². The molecule has 0 bridgehead atoms. The lowest BCUT2D eigenvalue weighted by Gasteiger charge is -2.36. The molecule has 0 aromatic carbocycles. The van der Waals surface area contributed by atoms with Crippen molar-refractivity contribution >= 4 is 11.3 Å². The van der Waals surface area contributed by atoms with E-state index in [2.05, 4.69) is 57.4 Å². The number of thiophene rings is 1. The fourth-order valence-corrected chi connectivity index (χ4v) is 4.48. The van der Waals surface area contributed by atoms with E-state index >= 15 is 0 Å². The maximum Gasteiger partial charge on any atom is 0.109 e. The minimum absolute atomic E-state index is 0.291. The molecule has 1 aliphatic carbocycles. The van der Waals surface area contributed by atoms with Crippen LogP contribution in [0.5, 0.6) is 0 Å². The van der Waals surface area contributed by atoms with Crippen molar-refractivity contribution in [3.8, 4) is 0 Å². The molecule has 0 saturated heterocycles. The van der Waals surface area contributed by atoms with E-state index in [0.717, 1.165) is 18.6 Å². The number of aryl methyl sites for hydroxylation is 2. The van der Waals surface area contributed by atoms with E-state index in [1.807, 2.05) is 11.3 Å². The number of hydrogen-bond donors (Lipinski definition) is 1. The third kappa shape index (κ3) is 2.95. The fourth-order valence-electron chi connectivity index (χ4n) is 3.54. The van der Waals surface area contributed by atoms with E-state index in [1.54, 1.807) is 0 Å². The Balaban J connectivity index is 1.86. The summed E-state index contributed by atoms with van der Waals surface area (Å²) in [5.74, 6) is 2.21. The second-order valence-corrected chi connectivity index (χ2v) is 8.14. The Bertz CT molecular complexity index is 637. The average Bonchev–Trinajstić information content (AvgIpc) is 2.93. The smallest absolute Gasteiger partial charge is 0.109 e. The van der Waals surface area contributed by atoms with Gasteiger partial charge in [0, 0.05) is 28.9 Å². The van der Waals surface area contributed by atoms with Gasteiger partial charge in [0.1, 0.15) is 11.5 Å². The summed E-state index contributed by atoms with van der Waals surface area (Å²) in [6, 6.07) is 5.19. The van der Waals surface area contributed by atoms with Crippen LogP contribution in [0.3, 0.4) is 0 Å². The molecule has 0 radical (unpaired) electrons. The first kappa shape index (κ1) is 14.9.